The standard InChI is InChI=1S/C25H37N5O2/c1-17(2)28-12-9-19(10-13-28)20-16-25(32)30-23(26-20)15-21(27-30)22-8-5-11-29(22)24(31)14-18-6-3-4-7-18/h15-19,22,27H,3-14H2,1-2H3/t22-/m1/s1. The first-order valence-electron chi connectivity index (χ1n) is 12.7. The topological polar surface area (TPSA) is 73.7 Å². The van der Waals surface area contributed by atoms with Crippen molar-refractivity contribution in [3.8, 4) is 0 Å². The van der Waals surface area contributed by atoms with Crippen molar-refractivity contribution in [2.24, 2.45) is 5.92 Å². The molecule has 1 saturated carbocycles. The Labute approximate surface area is 190 Å². The van der Waals surface area contributed by atoms with Crippen LogP contribution in [-0.4, -0.2) is 56.0 Å². The normalized spacial score (nSPS) is 23.7. The zero-order valence-electron chi connectivity index (χ0n) is 19.6. The first-order chi connectivity index (χ1) is 15.5. The van der Waals surface area contributed by atoms with Gasteiger partial charge in [0.05, 0.1) is 17.4 Å². The van der Waals surface area contributed by atoms with Crippen molar-refractivity contribution >= 4 is 11.6 Å². The Balaban J connectivity index is 1.34. The number of hydrogen-bond donors (Lipinski definition) is 1. The highest BCUT2D eigenvalue weighted by molar-refractivity contribution is 5.77. The molecule has 2 saturated heterocycles. The molecule has 0 unspecified atom stereocenters. The molecule has 0 bridgehead atoms. The van der Waals surface area contributed by atoms with Crippen molar-refractivity contribution in [2.45, 2.75) is 89.6 Å². The summed E-state index contributed by atoms with van der Waals surface area (Å²) < 4.78 is 1.56. The molecule has 1 atom stereocenters. The number of carbonyl (C=O) groups excluding carboxylic acids is 1. The van der Waals surface area contributed by atoms with E-state index in [0.29, 0.717) is 29.9 Å². The number of likely N-dealkylation sites (tertiary alicyclic amines) is 2. The van der Waals surface area contributed by atoms with Crippen LogP contribution >= 0.6 is 0 Å². The van der Waals surface area contributed by atoms with Crippen LogP contribution in [0, 0.1) is 5.92 Å². The molecular weight excluding hydrogens is 402 g/mol. The van der Waals surface area contributed by atoms with Crippen molar-refractivity contribution in [3.05, 3.63) is 33.9 Å². The SMILES string of the molecule is CC(C)N1CCC(c2cc(=O)n3[nH]c([C@H]4CCCN4C(=O)CC4CCCC4)cc3n2)CC1. The van der Waals surface area contributed by atoms with E-state index in [2.05, 4.69) is 23.8 Å². The van der Waals surface area contributed by atoms with E-state index in [1.807, 2.05) is 11.0 Å². The van der Waals surface area contributed by atoms with Gasteiger partial charge in [-0.25, -0.2) is 9.50 Å². The average Bonchev–Trinajstić information content (AvgIpc) is 3.53. The Morgan fingerprint density at radius 3 is 2.53 bits per heavy atom. The van der Waals surface area contributed by atoms with Crippen LogP contribution in [0.2, 0.25) is 0 Å². The summed E-state index contributed by atoms with van der Waals surface area (Å²) in [4.78, 5) is 35.3. The number of hydrogen-bond acceptors (Lipinski definition) is 4. The van der Waals surface area contributed by atoms with Crippen LogP contribution in [0.1, 0.15) is 95.0 Å². The van der Waals surface area contributed by atoms with Crippen molar-refractivity contribution in [1.82, 2.24) is 24.4 Å². The monoisotopic (exact) mass is 439 g/mol. The fourth-order valence-corrected chi connectivity index (χ4v) is 6.09. The van der Waals surface area contributed by atoms with Gasteiger partial charge < -0.3 is 9.80 Å². The Morgan fingerprint density at radius 1 is 1.06 bits per heavy atom. The van der Waals surface area contributed by atoms with Gasteiger partial charge in [-0.2, -0.15) is 0 Å². The maximum absolute atomic E-state index is 13.0. The number of fused-ring (bicyclic) bond motifs is 1. The highest BCUT2D eigenvalue weighted by atomic mass is 16.2. The molecular formula is C25H37N5O2. The first kappa shape index (κ1) is 21.7. The summed E-state index contributed by atoms with van der Waals surface area (Å²) >= 11 is 0. The summed E-state index contributed by atoms with van der Waals surface area (Å²) in [5, 5.41) is 3.28. The highest BCUT2D eigenvalue weighted by Crippen LogP contribution is 2.35. The van der Waals surface area contributed by atoms with Gasteiger partial charge in [-0.05, 0) is 71.4 Å². The van der Waals surface area contributed by atoms with Gasteiger partial charge in [-0.15, -0.1) is 0 Å². The van der Waals surface area contributed by atoms with E-state index in [0.717, 1.165) is 56.7 Å². The van der Waals surface area contributed by atoms with E-state index >= 15 is 0 Å². The minimum atomic E-state index is -0.0515. The second-order valence-electron chi connectivity index (χ2n) is 10.4. The molecule has 4 heterocycles. The Kier molecular flexibility index (Phi) is 6.10. The van der Waals surface area contributed by atoms with E-state index in [1.165, 1.54) is 25.7 Å². The number of rotatable bonds is 5. The Hall–Kier alpha value is -2.15. The number of aromatic amines is 1. The second-order valence-corrected chi connectivity index (χ2v) is 10.4. The molecule has 7 heteroatoms. The molecule has 5 rings (SSSR count). The number of nitrogens with one attached hydrogen (secondary N) is 1. The number of aromatic nitrogens is 3. The molecule has 3 aliphatic rings. The quantitative estimate of drug-likeness (QED) is 0.768. The van der Waals surface area contributed by atoms with Crippen LogP contribution in [0.3, 0.4) is 0 Å². The zero-order chi connectivity index (χ0) is 22.2. The Morgan fingerprint density at radius 2 is 1.81 bits per heavy atom. The molecule has 1 aliphatic carbocycles. The number of amides is 1. The zero-order valence-corrected chi connectivity index (χ0v) is 19.6. The van der Waals surface area contributed by atoms with Gasteiger partial charge in [0.15, 0.2) is 5.65 Å². The number of carbonyl (C=O) groups is 1. The molecule has 2 aromatic rings. The minimum Gasteiger partial charge on any atom is -0.334 e. The molecule has 0 aromatic carbocycles. The van der Waals surface area contributed by atoms with Gasteiger partial charge in [0.25, 0.3) is 5.56 Å². The van der Waals surface area contributed by atoms with Crippen molar-refractivity contribution in [3.63, 3.8) is 0 Å². The van der Waals surface area contributed by atoms with Crippen molar-refractivity contribution < 1.29 is 4.79 Å². The predicted octanol–water partition coefficient (Wildman–Crippen LogP) is 3.85. The van der Waals surface area contributed by atoms with Gasteiger partial charge in [-0.1, -0.05) is 12.8 Å². The Bertz CT molecular complexity index is 1010. The van der Waals surface area contributed by atoms with Crippen LogP contribution in [0.15, 0.2) is 16.9 Å². The lowest BCUT2D eigenvalue weighted by atomic mass is 9.92. The average molecular weight is 440 g/mol. The smallest absolute Gasteiger partial charge is 0.272 e. The molecule has 0 spiro atoms. The molecule has 174 valence electrons. The van der Waals surface area contributed by atoms with Crippen molar-refractivity contribution in [1.29, 1.82) is 0 Å². The maximum atomic E-state index is 13.0. The number of piperidine rings is 1. The highest BCUT2D eigenvalue weighted by Gasteiger charge is 2.33. The second kappa shape index (κ2) is 9.00. The summed E-state index contributed by atoms with van der Waals surface area (Å²) in [6.45, 7) is 7.41. The predicted molar refractivity (Wildman–Crippen MR) is 125 cm³/mol. The molecule has 1 amide bonds. The first-order valence-corrected chi connectivity index (χ1v) is 12.7. The van der Waals surface area contributed by atoms with Gasteiger partial charge >= 0.3 is 0 Å². The van der Waals surface area contributed by atoms with Crippen LogP contribution in [-0.2, 0) is 4.79 Å². The van der Waals surface area contributed by atoms with Crippen LogP contribution in [0.25, 0.3) is 5.65 Å². The number of nitrogens with zero attached hydrogens (tertiary/aromatic N) is 4. The van der Waals surface area contributed by atoms with E-state index < -0.39 is 0 Å². The molecule has 2 aromatic heterocycles. The largest absolute Gasteiger partial charge is 0.334 e. The molecule has 1 N–H and O–H groups in total. The van der Waals surface area contributed by atoms with E-state index in [1.54, 1.807) is 10.6 Å². The van der Waals surface area contributed by atoms with Crippen LogP contribution in [0.5, 0.6) is 0 Å². The lowest BCUT2D eigenvalue weighted by Gasteiger charge is -2.34. The molecule has 0 radical (unpaired) electrons. The van der Waals surface area contributed by atoms with Gasteiger partial charge in [0, 0.05) is 37.1 Å². The maximum Gasteiger partial charge on any atom is 0.272 e. The van der Waals surface area contributed by atoms with Crippen LogP contribution in [0.4, 0.5) is 0 Å². The third-order valence-corrected chi connectivity index (χ3v) is 8.04. The van der Waals surface area contributed by atoms with E-state index in [9.17, 15) is 9.59 Å². The van der Waals surface area contributed by atoms with Gasteiger partial charge in [0.2, 0.25) is 5.91 Å². The van der Waals surface area contributed by atoms with Crippen molar-refractivity contribution in [2.75, 3.05) is 19.6 Å². The molecule has 7 nitrogen and oxygen atoms in total. The molecule has 3 fully saturated rings. The van der Waals surface area contributed by atoms with Gasteiger partial charge in [-0.3, -0.25) is 14.7 Å². The summed E-state index contributed by atoms with van der Waals surface area (Å²) in [6.07, 6.45) is 9.62. The molecule has 32 heavy (non-hydrogen) atoms. The fourth-order valence-electron chi connectivity index (χ4n) is 6.09. The van der Waals surface area contributed by atoms with E-state index in [4.69, 9.17) is 4.98 Å². The lowest BCUT2D eigenvalue weighted by Crippen LogP contribution is -2.38. The summed E-state index contributed by atoms with van der Waals surface area (Å²) in [6, 6.07) is 4.30. The summed E-state index contributed by atoms with van der Waals surface area (Å²) in [7, 11) is 0. The summed E-state index contributed by atoms with van der Waals surface area (Å²) in [5.41, 5.74) is 2.50. The third kappa shape index (κ3) is 4.24. The third-order valence-electron chi connectivity index (χ3n) is 8.04. The lowest BCUT2D eigenvalue weighted by molar-refractivity contribution is -0.133. The number of H-pyrrole nitrogens is 1. The van der Waals surface area contributed by atoms with Gasteiger partial charge in [0.1, 0.15) is 0 Å². The van der Waals surface area contributed by atoms with Crippen LogP contribution < -0.4 is 5.56 Å². The molecule has 2 aliphatic heterocycles. The van der Waals surface area contributed by atoms with E-state index in [-0.39, 0.29) is 17.5 Å². The minimum absolute atomic E-state index is 0.0303. The summed E-state index contributed by atoms with van der Waals surface area (Å²) in [5.74, 6) is 1.17. The fraction of sp³-hybridized carbons (Fsp3) is 0.720.